The van der Waals surface area contributed by atoms with Crippen LogP contribution in [0.4, 0.5) is 10.5 Å². The Bertz CT molecular complexity index is 406. The van der Waals surface area contributed by atoms with Crippen LogP contribution in [0.2, 0.25) is 0 Å². The summed E-state index contributed by atoms with van der Waals surface area (Å²) in [5, 5.41) is 2.67. The molecule has 0 aliphatic heterocycles. The summed E-state index contributed by atoms with van der Waals surface area (Å²) in [6.45, 7) is -0.0528. The Morgan fingerprint density at radius 3 is 2.47 bits per heavy atom. The largest absolute Gasteiger partial charge is 0.453 e. The molecule has 0 bridgehead atoms. The Balaban J connectivity index is 2.50. The van der Waals surface area contributed by atoms with E-state index in [-0.39, 0.29) is 12.5 Å². The van der Waals surface area contributed by atoms with Crippen LogP contribution in [-0.4, -0.2) is 37.6 Å². The van der Waals surface area contributed by atoms with E-state index in [4.69, 9.17) is 0 Å². The third-order valence-corrected chi connectivity index (χ3v) is 2.52. The molecule has 0 saturated carbocycles. The summed E-state index contributed by atoms with van der Waals surface area (Å²) < 4.78 is 5.41. The van der Waals surface area contributed by atoms with E-state index in [9.17, 15) is 9.59 Å². The molecule has 6 heteroatoms. The zero-order valence-corrected chi connectivity index (χ0v) is 11.2. The van der Waals surface area contributed by atoms with Gasteiger partial charge in [-0.25, -0.2) is 4.79 Å². The molecule has 2 amide bonds. The van der Waals surface area contributed by atoms with Gasteiger partial charge in [0.05, 0.1) is 7.11 Å². The van der Waals surface area contributed by atoms with Gasteiger partial charge in [-0.2, -0.15) is 0 Å². The summed E-state index contributed by atoms with van der Waals surface area (Å²) in [7, 11) is 2.76. The molecule has 0 unspecified atom stereocenters. The zero-order valence-electron chi connectivity index (χ0n) is 9.57. The van der Waals surface area contributed by atoms with E-state index in [1.165, 1.54) is 19.1 Å². The van der Waals surface area contributed by atoms with Gasteiger partial charge in [-0.15, -0.1) is 0 Å². The molecule has 1 aromatic carbocycles. The lowest BCUT2D eigenvalue weighted by molar-refractivity contribution is -0.116. The van der Waals surface area contributed by atoms with Gasteiger partial charge in [0.1, 0.15) is 6.54 Å². The Morgan fingerprint density at radius 1 is 1.35 bits per heavy atom. The second-order valence-corrected chi connectivity index (χ2v) is 4.30. The van der Waals surface area contributed by atoms with E-state index in [0.717, 1.165) is 4.47 Å². The Labute approximate surface area is 108 Å². The number of carbonyl (C=O) groups excluding carboxylic acids is 2. The van der Waals surface area contributed by atoms with Crippen LogP contribution < -0.4 is 5.32 Å². The summed E-state index contributed by atoms with van der Waals surface area (Å²) in [5.74, 6) is -0.278. The van der Waals surface area contributed by atoms with Crippen LogP contribution in [0.5, 0.6) is 0 Å². The van der Waals surface area contributed by atoms with Gasteiger partial charge in [0.2, 0.25) is 5.91 Å². The maximum atomic E-state index is 11.6. The van der Waals surface area contributed by atoms with Crippen LogP contribution >= 0.6 is 15.9 Å². The van der Waals surface area contributed by atoms with Crippen molar-refractivity contribution in [2.24, 2.45) is 0 Å². The first-order chi connectivity index (χ1) is 8.02. The first-order valence-electron chi connectivity index (χ1n) is 4.87. The molecule has 1 N–H and O–H groups in total. The fourth-order valence-corrected chi connectivity index (χ4v) is 1.43. The fourth-order valence-electron chi connectivity index (χ4n) is 1.17. The van der Waals surface area contributed by atoms with Crippen molar-refractivity contribution < 1.29 is 14.3 Å². The standard InChI is InChI=1S/C11H13BrN2O3/c1-14(11(16)17-2)7-10(15)13-9-5-3-8(12)4-6-9/h3-6H,7H2,1-2H3,(H,13,15). The summed E-state index contributed by atoms with van der Waals surface area (Å²) in [6.07, 6.45) is -0.545. The number of likely N-dealkylation sites (N-methyl/N-ethyl adjacent to an activating group) is 1. The van der Waals surface area contributed by atoms with E-state index in [0.29, 0.717) is 5.69 Å². The highest BCUT2D eigenvalue weighted by atomic mass is 79.9. The van der Waals surface area contributed by atoms with Crippen molar-refractivity contribution in [2.45, 2.75) is 0 Å². The minimum atomic E-state index is -0.545. The van der Waals surface area contributed by atoms with Gasteiger partial charge in [0, 0.05) is 17.2 Å². The topological polar surface area (TPSA) is 58.6 Å². The van der Waals surface area contributed by atoms with Gasteiger partial charge < -0.3 is 15.0 Å². The molecule has 5 nitrogen and oxygen atoms in total. The molecule has 1 aromatic rings. The van der Waals surface area contributed by atoms with Crippen LogP contribution in [0.1, 0.15) is 0 Å². The van der Waals surface area contributed by atoms with Crippen LogP contribution in [-0.2, 0) is 9.53 Å². The SMILES string of the molecule is COC(=O)N(C)CC(=O)Nc1ccc(Br)cc1. The van der Waals surface area contributed by atoms with Gasteiger partial charge in [0.25, 0.3) is 0 Å². The molecule has 0 aliphatic carbocycles. The molecule has 17 heavy (non-hydrogen) atoms. The number of nitrogens with one attached hydrogen (secondary N) is 1. The molecule has 0 spiro atoms. The predicted molar refractivity (Wildman–Crippen MR) is 67.8 cm³/mol. The van der Waals surface area contributed by atoms with Crippen molar-refractivity contribution in [3.05, 3.63) is 28.7 Å². The first-order valence-corrected chi connectivity index (χ1v) is 5.66. The monoisotopic (exact) mass is 300 g/mol. The van der Waals surface area contributed by atoms with E-state index in [2.05, 4.69) is 26.0 Å². The molecule has 92 valence electrons. The van der Waals surface area contributed by atoms with Crippen LogP contribution in [0.3, 0.4) is 0 Å². The molecule has 0 atom stereocenters. The van der Waals surface area contributed by atoms with Crippen molar-refractivity contribution in [3.63, 3.8) is 0 Å². The number of anilines is 1. The summed E-state index contributed by atoms with van der Waals surface area (Å²) in [5.41, 5.74) is 0.677. The predicted octanol–water partition coefficient (Wildman–Crippen LogP) is 2.09. The molecule has 0 aromatic heterocycles. The number of methoxy groups -OCH3 is 1. The molecule has 0 fully saturated rings. The molecule has 0 aliphatic rings. The second kappa shape index (κ2) is 6.24. The Kier molecular flexibility index (Phi) is 4.96. The number of carbonyl (C=O) groups is 2. The number of hydrogen-bond acceptors (Lipinski definition) is 3. The van der Waals surface area contributed by atoms with E-state index < -0.39 is 6.09 Å². The normalized spacial score (nSPS) is 9.59. The van der Waals surface area contributed by atoms with Gasteiger partial charge in [0.15, 0.2) is 0 Å². The number of rotatable bonds is 3. The van der Waals surface area contributed by atoms with Crippen LogP contribution in [0.25, 0.3) is 0 Å². The van der Waals surface area contributed by atoms with Crippen molar-refractivity contribution in [1.82, 2.24) is 4.90 Å². The number of ether oxygens (including phenoxy) is 1. The lowest BCUT2D eigenvalue weighted by Crippen LogP contribution is -2.34. The van der Waals surface area contributed by atoms with Crippen molar-refractivity contribution in [3.8, 4) is 0 Å². The highest BCUT2D eigenvalue weighted by Gasteiger charge is 2.12. The second-order valence-electron chi connectivity index (χ2n) is 3.38. The average Bonchev–Trinajstić information content (AvgIpc) is 2.30. The van der Waals surface area contributed by atoms with Crippen LogP contribution in [0.15, 0.2) is 28.7 Å². The number of amides is 2. The van der Waals surface area contributed by atoms with E-state index in [1.807, 2.05) is 12.1 Å². The van der Waals surface area contributed by atoms with Crippen molar-refractivity contribution >= 4 is 33.6 Å². The lowest BCUT2D eigenvalue weighted by atomic mass is 10.3. The van der Waals surface area contributed by atoms with Gasteiger partial charge >= 0.3 is 6.09 Å². The minimum absolute atomic E-state index is 0.0528. The minimum Gasteiger partial charge on any atom is -0.453 e. The Morgan fingerprint density at radius 2 is 1.94 bits per heavy atom. The molecular weight excluding hydrogens is 288 g/mol. The number of hydrogen-bond donors (Lipinski definition) is 1. The van der Waals surface area contributed by atoms with E-state index in [1.54, 1.807) is 12.1 Å². The van der Waals surface area contributed by atoms with Gasteiger partial charge in [-0.05, 0) is 24.3 Å². The molecule has 0 heterocycles. The third-order valence-electron chi connectivity index (χ3n) is 2.00. The maximum Gasteiger partial charge on any atom is 0.409 e. The lowest BCUT2D eigenvalue weighted by Gasteiger charge is -2.14. The van der Waals surface area contributed by atoms with Gasteiger partial charge in [-0.3, -0.25) is 4.79 Å². The fraction of sp³-hybridized carbons (Fsp3) is 0.273. The van der Waals surface area contributed by atoms with Crippen molar-refractivity contribution in [1.29, 1.82) is 0 Å². The highest BCUT2D eigenvalue weighted by molar-refractivity contribution is 9.10. The summed E-state index contributed by atoms with van der Waals surface area (Å²) in [4.78, 5) is 23.8. The highest BCUT2D eigenvalue weighted by Crippen LogP contribution is 2.13. The maximum absolute atomic E-state index is 11.6. The molecular formula is C11H13BrN2O3. The van der Waals surface area contributed by atoms with Crippen LogP contribution in [0, 0.1) is 0 Å². The molecule has 0 radical (unpaired) electrons. The first kappa shape index (κ1) is 13.5. The number of halogens is 1. The summed E-state index contributed by atoms with van der Waals surface area (Å²) in [6, 6.07) is 7.17. The quantitative estimate of drug-likeness (QED) is 0.930. The summed E-state index contributed by atoms with van der Waals surface area (Å²) >= 11 is 3.30. The number of nitrogens with zero attached hydrogens (tertiary/aromatic N) is 1. The number of benzene rings is 1. The zero-order chi connectivity index (χ0) is 12.8. The smallest absolute Gasteiger partial charge is 0.409 e. The Hall–Kier alpha value is -1.56. The molecule has 1 rings (SSSR count). The van der Waals surface area contributed by atoms with Crippen molar-refractivity contribution in [2.75, 3.05) is 26.0 Å². The van der Waals surface area contributed by atoms with E-state index >= 15 is 0 Å². The third kappa shape index (κ3) is 4.44. The average molecular weight is 301 g/mol. The van der Waals surface area contributed by atoms with Gasteiger partial charge in [-0.1, -0.05) is 15.9 Å². The molecule has 0 saturated heterocycles.